The maximum atomic E-state index is 13.3. The average Bonchev–Trinajstić information content (AvgIpc) is 3.16. The molecule has 1 saturated carbocycles. The van der Waals surface area contributed by atoms with Gasteiger partial charge in [0.2, 0.25) is 5.91 Å². The number of hydrogen-bond donors (Lipinski definition) is 3. The molecule has 1 atom stereocenters. The van der Waals surface area contributed by atoms with E-state index in [2.05, 4.69) is 34.9 Å². The Morgan fingerprint density at radius 2 is 1.54 bits per heavy atom. The highest BCUT2D eigenvalue weighted by Gasteiger charge is 2.43. The molecule has 0 bridgehead atoms. The minimum atomic E-state index is -1.16. The van der Waals surface area contributed by atoms with Gasteiger partial charge in [-0.3, -0.25) is 4.79 Å². The molecule has 2 aromatic carbocycles. The fraction of sp³-hybridized carbons (Fsp3) is 0.464. The van der Waals surface area contributed by atoms with Gasteiger partial charge in [0.1, 0.15) is 18.2 Å². The number of aliphatic carboxylic acids is 1. The van der Waals surface area contributed by atoms with E-state index in [1.807, 2.05) is 38.1 Å². The summed E-state index contributed by atoms with van der Waals surface area (Å²) in [5.41, 5.74) is 3.36. The molecule has 0 aliphatic heterocycles. The summed E-state index contributed by atoms with van der Waals surface area (Å²) < 4.78 is 5.69. The van der Waals surface area contributed by atoms with Crippen molar-refractivity contribution in [3.63, 3.8) is 0 Å². The molecule has 1 fully saturated rings. The summed E-state index contributed by atoms with van der Waals surface area (Å²) in [5, 5.41) is 15.1. The summed E-state index contributed by atoms with van der Waals surface area (Å²) in [7, 11) is 0. The van der Waals surface area contributed by atoms with Crippen LogP contribution in [-0.2, 0) is 14.3 Å². The van der Waals surface area contributed by atoms with Gasteiger partial charge < -0.3 is 20.5 Å². The van der Waals surface area contributed by atoms with Crippen LogP contribution in [0.5, 0.6) is 0 Å². The van der Waals surface area contributed by atoms with Gasteiger partial charge in [0, 0.05) is 5.92 Å². The number of rotatable bonds is 8. The SMILES string of the molecule is CC(C)C[C@H](NC(=O)C1(NC(=O)OCC2c3ccccc3-c3ccccc32)CCCCC1)C(=O)O. The van der Waals surface area contributed by atoms with Crippen molar-refractivity contribution in [2.24, 2.45) is 5.92 Å². The van der Waals surface area contributed by atoms with E-state index in [9.17, 15) is 19.5 Å². The Balaban J connectivity index is 1.46. The summed E-state index contributed by atoms with van der Waals surface area (Å²) >= 11 is 0. The van der Waals surface area contributed by atoms with Crippen LogP contribution in [0.3, 0.4) is 0 Å². The predicted molar refractivity (Wildman–Crippen MR) is 133 cm³/mol. The molecule has 7 heteroatoms. The van der Waals surface area contributed by atoms with Gasteiger partial charge in [0.25, 0.3) is 0 Å². The lowest BCUT2D eigenvalue weighted by Gasteiger charge is -2.37. The van der Waals surface area contributed by atoms with E-state index in [0.29, 0.717) is 19.3 Å². The van der Waals surface area contributed by atoms with Crippen molar-refractivity contribution in [1.29, 1.82) is 0 Å². The molecule has 3 N–H and O–H groups in total. The molecule has 4 rings (SSSR count). The number of hydrogen-bond acceptors (Lipinski definition) is 4. The van der Waals surface area contributed by atoms with Gasteiger partial charge in [-0.25, -0.2) is 9.59 Å². The molecule has 186 valence electrons. The molecule has 35 heavy (non-hydrogen) atoms. The van der Waals surface area contributed by atoms with Crippen LogP contribution in [0, 0.1) is 5.92 Å². The first-order valence-electron chi connectivity index (χ1n) is 12.5. The third-order valence-corrected chi connectivity index (χ3v) is 7.14. The Hall–Kier alpha value is -3.35. The maximum absolute atomic E-state index is 13.3. The largest absolute Gasteiger partial charge is 0.480 e. The van der Waals surface area contributed by atoms with Crippen LogP contribution in [0.15, 0.2) is 48.5 Å². The van der Waals surface area contributed by atoms with Crippen molar-refractivity contribution in [2.75, 3.05) is 6.61 Å². The Labute approximate surface area is 206 Å². The molecule has 0 spiro atoms. The van der Waals surface area contributed by atoms with Gasteiger partial charge in [0.15, 0.2) is 0 Å². The van der Waals surface area contributed by atoms with Crippen molar-refractivity contribution in [3.05, 3.63) is 59.7 Å². The molecule has 0 unspecified atom stereocenters. The van der Waals surface area contributed by atoms with E-state index in [1.54, 1.807) is 0 Å². The van der Waals surface area contributed by atoms with Crippen molar-refractivity contribution in [3.8, 4) is 11.1 Å². The number of benzene rings is 2. The number of alkyl carbamates (subject to hydrolysis) is 1. The summed E-state index contributed by atoms with van der Waals surface area (Å²) in [6.07, 6.45) is 3.10. The Morgan fingerprint density at radius 3 is 2.09 bits per heavy atom. The van der Waals surface area contributed by atoms with E-state index in [1.165, 1.54) is 0 Å². The van der Waals surface area contributed by atoms with Crippen LogP contribution in [0.4, 0.5) is 4.79 Å². The predicted octanol–water partition coefficient (Wildman–Crippen LogP) is 4.84. The molecule has 2 amide bonds. The van der Waals surface area contributed by atoms with Gasteiger partial charge in [0.05, 0.1) is 0 Å². The number of fused-ring (bicyclic) bond motifs is 3. The topological polar surface area (TPSA) is 105 Å². The van der Waals surface area contributed by atoms with Crippen LogP contribution < -0.4 is 10.6 Å². The second-order valence-electron chi connectivity index (χ2n) is 10.1. The zero-order chi connectivity index (χ0) is 25.0. The van der Waals surface area contributed by atoms with Gasteiger partial charge in [-0.2, -0.15) is 0 Å². The summed E-state index contributed by atoms with van der Waals surface area (Å²) in [5.74, 6) is -1.49. The summed E-state index contributed by atoms with van der Waals surface area (Å²) in [6, 6.07) is 15.2. The normalized spacial score (nSPS) is 17.2. The second-order valence-corrected chi connectivity index (χ2v) is 10.1. The summed E-state index contributed by atoms with van der Waals surface area (Å²) in [4.78, 5) is 38.0. The fourth-order valence-corrected chi connectivity index (χ4v) is 5.38. The molecule has 7 nitrogen and oxygen atoms in total. The molecule has 0 radical (unpaired) electrons. The third kappa shape index (κ3) is 5.34. The van der Waals surface area contributed by atoms with Crippen molar-refractivity contribution in [1.82, 2.24) is 10.6 Å². The summed E-state index contributed by atoms with van der Waals surface area (Å²) in [6.45, 7) is 3.98. The first-order valence-corrected chi connectivity index (χ1v) is 12.5. The monoisotopic (exact) mass is 478 g/mol. The van der Waals surface area contributed by atoms with Gasteiger partial charge >= 0.3 is 12.1 Å². The number of amides is 2. The van der Waals surface area contributed by atoms with E-state index in [0.717, 1.165) is 41.5 Å². The van der Waals surface area contributed by atoms with E-state index >= 15 is 0 Å². The van der Waals surface area contributed by atoms with Crippen LogP contribution in [0.25, 0.3) is 11.1 Å². The number of carboxylic acids is 1. The van der Waals surface area contributed by atoms with Crippen LogP contribution in [0.1, 0.15) is 69.4 Å². The number of carbonyl (C=O) groups excluding carboxylic acids is 2. The highest BCUT2D eigenvalue weighted by atomic mass is 16.5. The Kier molecular flexibility index (Phi) is 7.43. The van der Waals surface area contributed by atoms with E-state index in [4.69, 9.17) is 4.74 Å². The van der Waals surface area contributed by atoms with Crippen molar-refractivity contribution < 1.29 is 24.2 Å². The lowest BCUT2D eigenvalue weighted by molar-refractivity contribution is -0.143. The first kappa shape index (κ1) is 24.8. The minimum Gasteiger partial charge on any atom is -0.480 e. The molecule has 2 aliphatic rings. The lowest BCUT2D eigenvalue weighted by Crippen LogP contribution is -2.62. The van der Waals surface area contributed by atoms with Crippen molar-refractivity contribution >= 4 is 18.0 Å². The Bertz CT molecular complexity index is 1040. The second kappa shape index (κ2) is 10.5. The minimum absolute atomic E-state index is 0.0771. The number of nitrogens with one attached hydrogen (secondary N) is 2. The van der Waals surface area contributed by atoms with Gasteiger partial charge in [-0.15, -0.1) is 0 Å². The highest BCUT2D eigenvalue weighted by Crippen LogP contribution is 2.44. The maximum Gasteiger partial charge on any atom is 0.408 e. The standard InChI is InChI=1S/C28H34N2O5/c1-18(2)16-24(25(31)32)29-26(33)28(14-8-3-9-15-28)30-27(34)35-17-23-21-12-6-4-10-19(21)20-11-5-7-13-22(20)23/h4-7,10-13,18,23-24H,3,8-9,14-17H2,1-2H3,(H,29,33)(H,30,34)(H,31,32)/t24-/m0/s1. The number of carbonyl (C=O) groups is 3. The number of carboxylic acid groups (broad SMARTS) is 1. The zero-order valence-electron chi connectivity index (χ0n) is 20.4. The van der Waals surface area contributed by atoms with Crippen LogP contribution >= 0.6 is 0 Å². The van der Waals surface area contributed by atoms with Crippen LogP contribution in [0.2, 0.25) is 0 Å². The molecule has 2 aliphatic carbocycles. The van der Waals surface area contributed by atoms with E-state index in [-0.39, 0.29) is 18.4 Å². The fourth-order valence-electron chi connectivity index (χ4n) is 5.38. The van der Waals surface area contributed by atoms with Crippen molar-refractivity contribution in [2.45, 2.75) is 69.9 Å². The molecule has 0 aromatic heterocycles. The van der Waals surface area contributed by atoms with Crippen LogP contribution in [-0.4, -0.2) is 41.3 Å². The smallest absolute Gasteiger partial charge is 0.408 e. The quantitative estimate of drug-likeness (QED) is 0.503. The molecule has 0 saturated heterocycles. The van der Waals surface area contributed by atoms with Gasteiger partial charge in [-0.1, -0.05) is 81.6 Å². The number of ether oxygens (including phenoxy) is 1. The Morgan fingerprint density at radius 1 is 0.971 bits per heavy atom. The molecular weight excluding hydrogens is 444 g/mol. The average molecular weight is 479 g/mol. The molecule has 0 heterocycles. The first-order chi connectivity index (χ1) is 16.8. The third-order valence-electron chi connectivity index (χ3n) is 7.14. The molecular formula is C28H34N2O5. The highest BCUT2D eigenvalue weighted by molar-refractivity contribution is 5.93. The van der Waals surface area contributed by atoms with E-state index < -0.39 is 29.6 Å². The lowest BCUT2D eigenvalue weighted by atomic mass is 9.80. The van der Waals surface area contributed by atoms with Gasteiger partial charge in [-0.05, 0) is 47.4 Å². The molecule has 2 aromatic rings. The zero-order valence-corrected chi connectivity index (χ0v) is 20.4.